The summed E-state index contributed by atoms with van der Waals surface area (Å²) in [5.74, 6) is 1.02. The summed E-state index contributed by atoms with van der Waals surface area (Å²) in [7, 11) is 3.08. The molecule has 168 valence electrons. The number of nitrogens with zero attached hydrogens (tertiary/aromatic N) is 4. The molecule has 0 radical (unpaired) electrons. The van der Waals surface area contributed by atoms with Gasteiger partial charge in [-0.25, -0.2) is 4.79 Å². The van der Waals surface area contributed by atoms with Gasteiger partial charge in [-0.2, -0.15) is 0 Å². The molecular weight excluding hydrogens is 412 g/mol. The largest absolute Gasteiger partial charge is 0.493 e. The van der Waals surface area contributed by atoms with Crippen LogP contribution in [0.25, 0.3) is 0 Å². The Hall–Kier alpha value is -3.62. The first kappa shape index (κ1) is 21.6. The highest BCUT2D eigenvalue weighted by Gasteiger charge is 2.49. The van der Waals surface area contributed by atoms with E-state index >= 15 is 0 Å². The summed E-state index contributed by atoms with van der Waals surface area (Å²) in [6, 6.07) is 15.4. The smallest absolute Gasteiger partial charge is 0.333 e. The molecule has 0 amide bonds. The number of aliphatic carboxylic acids is 1. The van der Waals surface area contributed by atoms with Gasteiger partial charge in [0.05, 0.1) is 14.2 Å². The summed E-state index contributed by atoms with van der Waals surface area (Å²) in [6.07, 6.45) is 2.52. The summed E-state index contributed by atoms with van der Waals surface area (Å²) >= 11 is 0. The van der Waals surface area contributed by atoms with Gasteiger partial charge in [0.25, 0.3) is 0 Å². The fraction of sp³-hybridized carbons (Fsp3) is 0.391. The maximum Gasteiger partial charge on any atom is 0.333 e. The lowest BCUT2D eigenvalue weighted by atomic mass is 9.93. The number of methoxy groups -OCH3 is 2. The van der Waals surface area contributed by atoms with Gasteiger partial charge in [0.2, 0.25) is 11.6 Å². The number of ether oxygens (including phenoxy) is 3. The molecule has 3 aromatic rings. The second-order valence-electron chi connectivity index (χ2n) is 7.91. The van der Waals surface area contributed by atoms with Crippen LogP contribution >= 0.6 is 0 Å². The second-order valence-corrected chi connectivity index (χ2v) is 7.91. The van der Waals surface area contributed by atoms with Crippen LogP contribution in [0.4, 0.5) is 0 Å². The lowest BCUT2D eigenvalue weighted by molar-refractivity contribution is -0.148. The number of benzene rings is 2. The standard InChI is InChI=1S/C23H26N4O5/c1-30-18-9-6-10-19(31-2)21(18)32-15-20-24-26-27(25-20)23(22(28)29)12-11-17(14-23)13-16-7-4-3-5-8-16/h3-10,17H,11-15H2,1-2H3,(H,28,29). The molecule has 32 heavy (non-hydrogen) atoms. The molecule has 9 nitrogen and oxygen atoms in total. The Kier molecular flexibility index (Phi) is 6.25. The van der Waals surface area contributed by atoms with Crippen molar-refractivity contribution in [1.82, 2.24) is 20.2 Å². The fourth-order valence-electron chi connectivity index (χ4n) is 4.29. The highest BCUT2D eigenvalue weighted by atomic mass is 16.5. The van der Waals surface area contributed by atoms with Gasteiger partial charge >= 0.3 is 5.97 Å². The number of carboxylic acids is 1. The first-order valence-corrected chi connectivity index (χ1v) is 10.5. The quantitative estimate of drug-likeness (QED) is 0.543. The zero-order valence-corrected chi connectivity index (χ0v) is 18.1. The zero-order chi connectivity index (χ0) is 22.6. The van der Waals surface area contributed by atoms with Crippen LogP contribution in [0.15, 0.2) is 48.5 Å². The molecule has 0 bridgehead atoms. The van der Waals surface area contributed by atoms with Crippen LogP contribution in [-0.4, -0.2) is 45.5 Å². The van der Waals surface area contributed by atoms with Gasteiger partial charge in [-0.1, -0.05) is 36.4 Å². The van der Waals surface area contributed by atoms with E-state index in [4.69, 9.17) is 14.2 Å². The van der Waals surface area contributed by atoms with Gasteiger partial charge < -0.3 is 19.3 Å². The van der Waals surface area contributed by atoms with E-state index in [1.807, 2.05) is 18.2 Å². The van der Waals surface area contributed by atoms with E-state index in [1.165, 1.54) is 10.4 Å². The van der Waals surface area contributed by atoms with E-state index in [9.17, 15) is 9.90 Å². The molecule has 1 heterocycles. The van der Waals surface area contributed by atoms with Crippen LogP contribution in [0.3, 0.4) is 0 Å². The molecule has 4 rings (SSSR count). The van der Waals surface area contributed by atoms with Gasteiger partial charge in [-0.15, -0.1) is 15.0 Å². The van der Waals surface area contributed by atoms with Crippen molar-refractivity contribution >= 4 is 5.97 Å². The molecule has 0 aliphatic heterocycles. The first-order valence-electron chi connectivity index (χ1n) is 10.5. The number of para-hydroxylation sites is 1. The summed E-state index contributed by atoms with van der Waals surface area (Å²) < 4.78 is 16.5. The average Bonchev–Trinajstić information content (AvgIpc) is 3.46. The molecular formula is C23H26N4O5. The van der Waals surface area contributed by atoms with Crippen LogP contribution < -0.4 is 14.2 Å². The molecule has 0 spiro atoms. The monoisotopic (exact) mass is 438 g/mol. The van der Waals surface area contributed by atoms with Crippen molar-refractivity contribution in [2.75, 3.05) is 14.2 Å². The Bertz CT molecular complexity index is 1050. The van der Waals surface area contributed by atoms with Gasteiger partial charge in [-0.05, 0) is 54.5 Å². The van der Waals surface area contributed by atoms with Gasteiger partial charge in [0.15, 0.2) is 23.6 Å². The second kappa shape index (κ2) is 9.25. The van der Waals surface area contributed by atoms with Crippen molar-refractivity contribution in [3.05, 3.63) is 59.9 Å². The number of hydrogen-bond donors (Lipinski definition) is 1. The number of tetrazole rings is 1. The van der Waals surface area contributed by atoms with E-state index in [0.717, 1.165) is 12.8 Å². The van der Waals surface area contributed by atoms with Crippen LogP contribution in [0, 0.1) is 5.92 Å². The maximum absolute atomic E-state index is 12.3. The van der Waals surface area contributed by atoms with E-state index in [0.29, 0.717) is 30.1 Å². The van der Waals surface area contributed by atoms with Crippen LogP contribution in [0.2, 0.25) is 0 Å². The van der Waals surface area contributed by atoms with Crippen molar-refractivity contribution in [1.29, 1.82) is 0 Å². The topological polar surface area (TPSA) is 109 Å². The lowest BCUT2D eigenvalue weighted by Crippen LogP contribution is -2.41. The van der Waals surface area contributed by atoms with E-state index in [-0.39, 0.29) is 18.3 Å². The summed E-state index contributed by atoms with van der Waals surface area (Å²) in [5, 5.41) is 22.5. The third kappa shape index (κ3) is 4.23. The average molecular weight is 438 g/mol. The minimum Gasteiger partial charge on any atom is -0.493 e. The van der Waals surface area contributed by atoms with E-state index < -0.39 is 11.5 Å². The van der Waals surface area contributed by atoms with Crippen molar-refractivity contribution in [3.63, 3.8) is 0 Å². The van der Waals surface area contributed by atoms with Crippen LogP contribution in [-0.2, 0) is 23.4 Å². The predicted octanol–water partition coefficient (Wildman–Crippen LogP) is 3.09. The Labute approximate surface area is 185 Å². The van der Waals surface area contributed by atoms with E-state index in [2.05, 4.69) is 27.5 Å². The number of rotatable bonds is 9. The van der Waals surface area contributed by atoms with Crippen molar-refractivity contribution < 1.29 is 24.1 Å². The Morgan fingerprint density at radius 1 is 1.12 bits per heavy atom. The number of aromatic nitrogens is 4. The fourth-order valence-corrected chi connectivity index (χ4v) is 4.29. The SMILES string of the molecule is COc1cccc(OC)c1OCc1nnn(C2(C(=O)O)CCC(Cc3ccccc3)C2)n1. The Balaban J connectivity index is 1.49. The minimum absolute atomic E-state index is 0.000123. The van der Waals surface area contributed by atoms with E-state index in [1.54, 1.807) is 32.4 Å². The molecule has 9 heteroatoms. The normalized spacial score (nSPS) is 20.1. The third-order valence-corrected chi connectivity index (χ3v) is 5.92. The Morgan fingerprint density at radius 2 is 1.84 bits per heavy atom. The molecule has 2 atom stereocenters. The molecule has 1 aromatic heterocycles. The van der Waals surface area contributed by atoms with Crippen LogP contribution in [0.5, 0.6) is 17.2 Å². The summed E-state index contributed by atoms with van der Waals surface area (Å²) in [6.45, 7) is -0.000123. The molecule has 1 saturated carbocycles. The highest BCUT2D eigenvalue weighted by Crippen LogP contribution is 2.41. The van der Waals surface area contributed by atoms with Gasteiger partial charge in [0, 0.05) is 0 Å². The molecule has 1 fully saturated rings. The molecule has 0 saturated heterocycles. The van der Waals surface area contributed by atoms with Crippen LogP contribution in [0.1, 0.15) is 30.7 Å². The molecule has 1 aliphatic rings. The number of carboxylic acid groups (broad SMARTS) is 1. The molecule has 2 aromatic carbocycles. The predicted molar refractivity (Wildman–Crippen MR) is 115 cm³/mol. The lowest BCUT2D eigenvalue weighted by Gasteiger charge is -2.22. The van der Waals surface area contributed by atoms with Gasteiger partial charge in [-0.3, -0.25) is 0 Å². The third-order valence-electron chi connectivity index (χ3n) is 5.92. The van der Waals surface area contributed by atoms with Crippen molar-refractivity contribution in [2.45, 2.75) is 37.8 Å². The molecule has 2 unspecified atom stereocenters. The van der Waals surface area contributed by atoms with Crippen molar-refractivity contribution in [2.24, 2.45) is 5.92 Å². The molecule has 1 aliphatic carbocycles. The first-order chi connectivity index (χ1) is 15.6. The molecule has 1 N–H and O–H groups in total. The number of carbonyl (C=O) groups is 1. The van der Waals surface area contributed by atoms with Gasteiger partial charge in [0.1, 0.15) is 0 Å². The minimum atomic E-state index is -1.20. The Morgan fingerprint density at radius 3 is 2.50 bits per heavy atom. The van der Waals surface area contributed by atoms with Crippen molar-refractivity contribution in [3.8, 4) is 17.2 Å². The zero-order valence-electron chi connectivity index (χ0n) is 18.1. The summed E-state index contributed by atoms with van der Waals surface area (Å²) in [4.78, 5) is 13.5. The number of hydrogen-bond acceptors (Lipinski definition) is 7. The highest BCUT2D eigenvalue weighted by molar-refractivity contribution is 5.76. The maximum atomic E-state index is 12.3. The summed E-state index contributed by atoms with van der Waals surface area (Å²) in [5.41, 5.74) is -0.00241.